The van der Waals surface area contributed by atoms with Crippen molar-refractivity contribution in [3.05, 3.63) is 0 Å². The smallest absolute Gasteiger partial charge is 0.234 e. The van der Waals surface area contributed by atoms with E-state index in [-0.39, 0.29) is 5.91 Å². The number of ether oxygens (including phenoxy) is 1. The third-order valence-electron chi connectivity index (χ3n) is 7.42. The van der Waals surface area contributed by atoms with Crippen LogP contribution in [0.4, 0.5) is 0 Å². The molecule has 0 bridgehead atoms. The monoisotopic (exact) mass is 391 g/mol. The summed E-state index contributed by atoms with van der Waals surface area (Å²) in [7, 11) is 1.87. The summed E-state index contributed by atoms with van der Waals surface area (Å²) in [6.07, 6.45) is 8.67. The van der Waals surface area contributed by atoms with Crippen LogP contribution in [0.1, 0.15) is 51.9 Å². The fourth-order valence-electron chi connectivity index (χ4n) is 5.73. The average Bonchev–Trinajstić information content (AvgIpc) is 3.08. The van der Waals surface area contributed by atoms with E-state index in [1.54, 1.807) is 0 Å². The van der Waals surface area contributed by atoms with Gasteiger partial charge in [-0.15, -0.1) is 0 Å². The molecular formula is C21H37N5O2. The average molecular weight is 392 g/mol. The maximum atomic E-state index is 11.9. The van der Waals surface area contributed by atoms with Gasteiger partial charge in [-0.05, 0) is 38.5 Å². The van der Waals surface area contributed by atoms with Crippen LogP contribution in [-0.4, -0.2) is 74.8 Å². The van der Waals surface area contributed by atoms with E-state index in [1.807, 2.05) is 7.05 Å². The number of piperidine rings is 1. The minimum absolute atomic E-state index is 0.148. The molecule has 4 aliphatic rings. The van der Waals surface area contributed by atoms with Gasteiger partial charge in [-0.1, -0.05) is 13.3 Å². The molecular weight excluding hydrogens is 354 g/mol. The normalized spacial score (nSPS) is 32.4. The lowest BCUT2D eigenvalue weighted by Crippen LogP contribution is -2.72. The zero-order valence-corrected chi connectivity index (χ0v) is 17.5. The first kappa shape index (κ1) is 20.0. The van der Waals surface area contributed by atoms with Crippen molar-refractivity contribution in [2.24, 2.45) is 16.3 Å². The molecule has 0 radical (unpaired) electrons. The molecule has 0 aromatic rings. The molecule has 158 valence electrons. The van der Waals surface area contributed by atoms with Gasteiger partial charge in [0.15, 0.2) is 5.96 Å². The molecule has 2 saturated heterocycles. The molecule has 3 N–H and O–H groups in total. The van der Waals surface area contributed by atoms with Crippen molar-refractivity contribution < 1.29 is 9.53 Å². The Morgan fingerprint density at radius 3 is 2.64 bits per heavy atom. The highest BCUT2D eigenvalue weighted by atomic mass is 16.5. The third kappa shape index (κ3) is 3.75. The number of nitrogens with one attached hydrogen (secondary N) is 3. The summed E-state index contributed by atoms with van der Waals surface area (Å²) in [5, 5.41) is 10.4. The predicted molar refractivity (Wildman–Crippen MR) is 110 cm³/mol. The van der Waals surface area contributed by atoms with Crippen molar-refractivity contribution in [3.63, 3.8) is 0 Å². The van der Waals surface area contributed by atoms with Crippen molar-refractivity contribution in [2.45, 2.75) is 70.1 Å². The number of fused-ring (bicyclic) bond motifs is 2. The quantitative estimate of drug-likeness (QED) is 0.467. The first-order valence-corrected chi connectivity index (χ1v) is 11.3. The first-order chi connectivity index (χ1) is 13.7. The summed E-state index contributed by atoms with van der Waals surface area (Å²) < 4.78 is 6.03. The number of carbonyl (C=O) groups is 1. The van der Waals surface area contributed by atoms with Crippen LogP contribution in [-0.2, 0) is 9.53 Å². The number of hydrogen-bond acceptors (Lipinski definition) is 4. The van der Waals surface area contributed by atoms with E-state index in [1.165, 1.54) is 25.7 Å². The van der Waals surface area contributed by atoms with Gasteiger partial charge in [0.2, 0.25) is 5.91 Å². The number of nitrogens with zero attached hydrogens (tertiary/aromatic N) is 2. The summed E-state index contributed by atoms with van der Waals surface area (Å²) in [4.78, 5) is 18.7. The number of hydrogen-bond donors (Lipinski definition) is 3. The molecule has 2 heterocycles. The highest BCUT2D eigenvalue weighted by molar-refractivity contribution is 5.80. The number of carbonyl (C=O) groups excluding carboxylic acids is 1. The second-order valence-electron chi connectivity index (χ2n) is 9.07. The number of amides is 1. The largest absolute Gasteiger partial charge is 0.377 e. The number of likely N-dealkylation sites (tertiary alicyclic amines) is 1. The lowest BCUT2D eigenvalue weighted by Gasteiger charge is -2.63. The highest BCUT2D eigenvalue weighted by Gasteiger charge is 2.66. The molecule has 2 saturated carbocycles. The van der Waals surface area contributed by atoms with Crippen LogP contribution in [0.2, 0.25) is 0 Å². The van der Waals surface area contributed by atoms with Crippen LogP contribution in [0.15, 0.2) is 4.99 Å². The molecule has 4 rings (SSSR count). The second-order valence-corrected chi connectivity index (χ2v) is 9.07. The standard InChI is InChI=1S/C21H37N5O2/c1-3-10-23-17(27)14-26-11-5-15(6-12-26)24-20(22-2)25-18-16-7-13-28-19(16)21(18)8-4-9-21/h15-16,18-19H,3-14H2,1-2H3,(H,23,27)(H2,22,24,25). The van der Waals surface area contributed by atoms with E-state index in [9.17, 15) is 4.79 Å². The molecule has 7 heteroatoms. The van der Waals surface area contributed by atoms with Crippen molar-refractivity contribution in [1.82, 2.24) is 20.9 Å². The van der Waals surface area contributed by atoms with Crippen LogP contribution in [0.25, 0.3) is 0 Å². The summed E-state index contributed by atoms with van der Waals surface area (Å²) in [6, 6.07) is 0.941. The van der Waals surface area contributed by atoms with Crippen LogP contribution < -0.4 is 16.0 Å². The van der Waals surface area contributed by atoms with E-state index in [2.05, 4.69) is 32.8 Å². The summed E-state index contributed by atoms with van der Waals surface area (Å²) >= 11 is 0. The van der Waals surface area contributed by atoms with E-state index in [4.69, 9.17) is 4.74 Å². The molecule has 0 aromatic carbocycles. The number of guanidine groups is 1. The van der Waals surface area contributed by atoms with E-state index in [0.29, 0.717) is 36.1 Å². The van der Waals surface area contributed by atoms with Gasteiger partial charge in [-0.2, -0.15) is 0 Å². The lowest BCUT2D eigenvalue weighted by atomic mass is 9.46. The number of rotatable bonds is 6. The molecule has 7 nitrogen and oxygen atoms in total. The Labute approximate surface area is 169 Å². The van der Waals surface area contributed by atoms with Gasteiger partial charge < -0.3 is 20.7 Å². The fraction of sp³-hybridized carbons (Fsp3) is 0.905. The van der Waals surface area contributed by atoms with Gasteiger partial charge in [-0.3, -0.25) is 14.7 Å². The molecule has 2 aliphatic heterocycles. The van der Waals surface area contributed by atoms with Crippen LogP contribution >= 0.6 is 0 Å². The highest BCUT2D eigenvalue weighted by Crippen LogP contribution is 2.62. The Morgan fingerprint density at radius 1 is 1.21 bits per heavy atom. The summed E-state index contributed by atoms with van der Waals surface area (Å²) in [5.41, 5.74) is 0.369. The Morgan fingerprint density at radius 2 is 2.00 bits per heavy atom. The van der Waals surface area contributed by atoms with E-state index < -0.39 is 0 Å². The van der Waals surface area contributed by atoms with Crippen molar-refractivity contribution >= 4 is 11.9 Å². The van der Waals surface area contributed by atoms with Crippen LogP contribution in [0.3, 0.4) is 0 Å². The first-order valence-electron chi connectivity index (χ1n) is 11.3. The molecule has 0 aromatic heterocycles. The topological polar surface area (TPSA) is 78.0 Å². The van der Waals surface area contributed by atoms with Gasteiger partial charge in [0.05, 0.1) is 12.6 Å². The zero-order chi connectivity index (χ0) is 19.6. The van der Waals surface area contributed by atoms with Gasteiger partial charge >= 0.3 is 0 Å². The molecule has 28 heavy (non-hydrogen) atoms. The molecule has 1 amide bonds. The third-order valence-corrected chi connectivity index (χ3v) is 7.42. The van der Waals surface area contributed by atoms with Crippen molar-refractivity contribution in [3.8, 4) is 0 Å². The van der Waals surface area contributed by atoms with Gasteiger partial charge in [0, 0.05) is 56.7 Å². The van der Waals surface area contributed by atoms with Gasteiger partial charge in [0.1, 0.15) is 0 Å². The molecule has 3 atom stereocenters. The Hall–Kier alpha value is -1.34. The maximum Gasteiger partial charge on any atom is 0.234 e. The van der Waals surface area contributed by atoms with Crippen LogP contribution in [0, 0.1) is 11.3 Å². The predicted octanol–water partition coefficient (Wildman–Crippen LogP) is 1.10. The lowest BCUT2D eigenvalue weighted by molar-refractivity contribution is -0.171. The van der Waals surface area contributed by atoms with E-state index >= 15 is 0 Å². The maximum absolute atomic E-state index is 11.9. The Bertz CT molecular complexity index is 583. The van der Waals surface area contributed by atoms with Gasteiger partial charge in [0.25, 0.3) is 0 Å². The Balaban J connectivity index is 1.23. The molecule has 2 aliphatic carbocycles. The Kier molecular flexibility index (Phi) is 6.11. The second kappa shape index (κ2) is 8.57. The minimum Gasteiger partial charge on any atom is -0.377 e. The van der Waals surface area contributed by atoms with Crippen molar-refractivity contribution in [1.29, 1.82) is 0 Å². The van der Waals surface area contributed by atoms with E-state index in [0.717, 1.165) is 51.5 Å². The van der Waals surface area contributed by atoms with Crippen molar-refractivity contribution in [2.75, 3.05) is 39.8 Å². The minimum atomic E-state index is 0.148. The SMILES string of the molecule is CCCNC(=O)CN1CCC(NC(=NC)NC2C3CCOC3C23CCC3)CC1. The molecule has 3 unspecified atom stereocenters. The fourth-order valence-corrected chi connectivity index (χ4v) is 5.73. The zero-order valence-electron chi connectivity index (χ0n) is 17.5. The summed E-state index contributed by atoms with van der Waals surface area (Å²) in [5.74, 6) is 1.75. The number of aliphatic imine (C=N–C) groups is 1. The van der Waals surface area contributed by atoms with Crippen LogP contribution in [0.5, 0.6) is 0 Å². The van der Waals surface area contributed by atoms with Gasteiger partial charge in [-0.25, -0.2) is 0 Å². The molecule has 1 spiro atoms. The molecule has 4 fully saturated rings. The summed E-state index contributed by atoms with van der Waals surface area (Å²) in [6.45, 7) is 6.21.